The lowest BCUT2D eigenvalue weighted by Gasteiger charge is -1.82. The normalized spacial score (nSPS) is 19.8. The summed E-state index contributed by atoms with van der Waals surface area (Å²) in [5.41, 5.74) is 0. The van der Waals surface area contributed by atoms with E-state index in [-0.39, 0.29) is 6.61 Å². The molecule has 0 spiro atoms. The fourth-order valence-electron chi connectivity index (χ4n) is 0.0417. The number of methoxy groups -OCH3 is 1. The third kappa shape index (κ3) is 3.92. The summed E-state index contributed by atoms with van der Waals surface area (Å²) in [7, 11) is -2.40. The first-order chi connectivity index (χ1) is 3.56. The van der Waals surface area contributed by atoms with Crippen LogP contribution in [0.3, 0.4) is 0 Å². The Morgan fingerprint density at radius 1 is 2.20 bits per heavy atom. The number of hydrogen-bond donors (Lipinski definition) is 0. The highest BCUT2D eigenvalue weighted by Gasteiger charge is 1.69. The predicted octanol–water partition coefficient (Wildman–Crippen LogP) is 0.0633. The second-order valence-corrected chi connectivity index (χ2v) is 0.553. The lowest BCUT2D eigenvalue weighted by Crippen LogP contribution is -1.90. The van der Waals surface area contributed by atoms with Crippen LogP contribution in [-0.2, 0) is 9.84 Å². The molecule has 0 aromatic rings. The highest BCUT2D eigenvalue weighted by molar-refractivity contribution is 4.12. The van der Waals surface area contributed by atoms with Crippen LogP contribution in [-0.4, -0.2) is 20.3 Å². The number of hydrogen-bond acceptors (Lipinski definition) is 1. The second-order valence-electron chi connectivity index (χ2n) is 0.553. The van der Waals surface area contributed by atoms with Gasteiger partial charge in [-0.3, -0.25) is 0 Å². The molecule has 0 saturated carbocycles. The molecule has 0 bridgehead atoms. The Kier molecular flexibility index (Phi) is 1.24. The molecule has 0 unspecified atom stereocenters. The molecular weight excluding hydrogens is 68.0 g/mol. The van der Waals surface area contributed by atoms with E-state index in [0.717, 1.165) is 0 Å². The monoisotopic (exact) mass is 78.1 g/mol. The minimum Gasteiger partial charge on any atom is -0.382 e. The molecule has 0 fully saturated rings. The maximum absolute atomic E-state index is 9.60. The molecule has 0 aromatic heterocycles. The van der Waals surface area contributed by atoms with Crippen LogP contribution in [0.5, 0.6) is 0 Å². The van der Waals surface area contributed by atoms with E-state index in [0.29, 0.717) is 0 Å². The molecule has 0 aliphatic carbocycles. The van der Waals surface area contributed by atoms with E-state index in [4.69, 9.17) is 4.11 Å². The van der Waals surface area contributed by atoms with Crippen molar-refractivity contribution in [2.75, 3.05) is 20.3 Å². The van der Waals surface area contributed by atoms with Crippen molar-refractivity contribution < 1.29 is 14.0 Å². The van der Waals surface area contributed by atoms with E-state index in [2.05, 4.69) is 4.74 Å². The Morgan fingerprint density at radius 2 is 3.00 bits per heavy atom. The first-order valence-corrected chi connectivity index (χ1v) is 1.28. The van der Waals surface area contributed by atoms with Gasteiger partial charge >= 0.3 is 0 Å². The van der Waals surface area contributed by atoms with Crippen molar-refractivity contribution in [2.24, 2.45) is 0 Å². The van der Waals surface area contributed by atoms with Crippen molar-refractivity contribution in [1.82, 2.24) is 0 Å². The van der Waals surface area contributed by atoms with Crippen LogP contribution in [0.15, 0.2) is 0 Å². The second kappa shape index (κ2) is 3.92. The zero-order valence-corrected chi connectivity index (χ0v) is 2.73. The fraction of sp³-hybridized carbons (Fsp3) is 1.00. The largest absolute Gasteiger partial charge is 0.382 e. The molecule has 31 valence electrons. The van der Waals surface area contributed by atoms with Crippen molar-refractivity contribution in [3.63, 3.8) is 0 Å². The van der Waals surface area contributed by atoms with E-state index in [1.165, 1.54) is 0 Å². The van der Waals surface area contributed by atoms with Crippen LogP contribution in [0.4, 0.5) is 0 Å². The highest BCUT2D eigenvalue weighted by Crippen LogP contribution is 1.57. The fourth-order valence-corrected chi connectivity index (χ4v) is 0.0417. The standard InChI is InChI=1S/C3H7O2/c1-5-3-2-4/h2-3H2,1H3/i1D3. The van der Waals surface area contributed by atoms with Gasteiger partial charge in [-0.25, -0.2) is 5.11 Å². The Balaban J connectivity index is 3.11. The first kappa shape index (κ1) is 1.58. The Hall–Kier alpha value is -0.0800. The lowest BCUT2D eigenvalue weighted by molar-refractivity contribution is 0.0948. The molecule has 0 rings (SSSR count). The van der Waals surface area contributed by atoms with Gasteiger partial charge in [0.1, 0.15) is 6.61 Å². The quantitative estimate of drug-likeness (QED) is 0.459. The maximum atomic E-state index is 9.60. The van der Waals surface area contributed by atoms with Crippen LogP contribution < -0.4 is 0 Å². The summed E-state index contributed by atoms with van der Waals surface area (Å²) in [4.78, 5) is 0. The van der Waals surface area contributed by atoms with Gasteiger partial charge in [-0.15, -0.1) is 0 Å². The summed E-state index contributed by atoms with van der Waals surface area (Å²) in [6.07, 6.45) is 0. The predicted molar refractivity (Wildman–Crippen MR) is 17.4 cm³/mol. The molecule has 0 atom stereocenters. The Morgan fingerprint density at radius 3 is 3.20 bits per heavy atom. The van der Waals surface area contributed by atoms with Gasteiger partial charge in [0.2, 0.25) is 0 Å². The van der Waals surface area contributed by atoms with E-state index in [1.807, 2.05) is 0 Å². The molecule has 0 N–H and O–H groups in total. The zero-order valence-electron chi connectivity index (χ0n) is 5.73. The molecule has 0 aliphatic heterocycles. The molecule has 0 amide bonds. The summed E-state index contributed by atoms with van der Waals surface area (Å²) in [5.74, 6) is 0. The summed E-state index contributed by atoms with van der Waals surface area (Å²) >= 11 is 0. The molecule has 0 heterocycles. The average molecular weight is 78.1 g/mol. The van der Waals surface area contributed by atoms with Crippen molar-refractivity contribution >= 4 is 0 Å². The van der Waals surface area contributed by atoms with Crippen LogP contribution in [0, 0.1) is 0 Å². The smallest absolute Gasteiger partial charge is 0.106 e. The van der Waals surface area contributed by atoms with Gasteiger partial charge in [0, 0.05) is 7.04 Å². The molecular formula is C3H7O2. The molecule has 2 heteroatoms. The first-order valence-electron chi connectivity index (χ1n) is 2.78. The SMILES string of the molecule is [2H]C([2H])([2H])OCC[O]. The van der Waals surface area contributed by atoms with Crippen LogP contribution in [0.25, 0.3) is 0 Å². The minimum atomic E-state index is -2.40. The molecule has 0 aromatic carbocycles. The molecule has 2 nitrogen and oxygen atoms in total. The van der Waals surface area contributed by atoms with Gasteiger partial charge in [0.05, 0.1) is 10.7 Å². The van der Waals surface area contributed by atoms with Crippen molar-refractivity contribution in [2.45, 2.75) is 0 Å². The summed E-state index contributed by atoms with van der Waals surface area (Å²) < 4.78 is 23.3. The van der Waals surface area contributed by atoms with Gasteiger partial charge in [0.15, 0.2) is 0 Å². The number of rotatable bonds is 2. The van der Waals surface area contributed by atoms with Gasteiger partial charge in [-0.05, 0) is 0 Å². The van der Waals surface area contributed by atoms with Crippen molar-refractivity contribution in [1.29, 1.82) is 0 Å². The van der Waals surface area contributed by atoms with Crippen molar-refractivity contribution in [3.8, 4) is 0 Å². The highest BCUT2D eigenvalue weighted by atomic mass is 16.5. The van der Waals surface area contributed by atoms with Crippen LogP contribution in [0.1, 0.15) is 4.11 Å². The molecule has 5 heavy (non-hydrogen) atoms. The van der Waals surface area contributed by atoms with E-state index in [9.17, 15) is 5.11 Å². The van der Waals surface area contributed by atoms with Crippen LogP contribution in [0.2, 0.25) is 0 Å². The zero-order chi connectivity index (χ0) is 6.62. The Labute approximate surface area is 35.6 Å². The van der Waals surface area contributed by atoms with Gasteiger partial charge < -0.3 is 4.74 Å². The number of ether oxygens (including phenoxy) is 1. The molecule has 0 aliphatic rings. The summed E-state index contributed by atoms with van der Waals surface area (Å²) in [6, 6.07) is 0. The summed E-state index contributed by atoms with van der Waals surface area (Å²) in [5, 5.41) is 9.60. The third-order valence-electron chi connectivity index (χ3n) is 0.185. The Bertz CT molecular complexity index is 60.0. The topological polar surface area (TPSA) is 29.1 Å². The maximum Gasteiger partial charge on any atom is 0.106 e. The van der Waals surface area contributed by atoms with Gasteiger partial charge in [0.25, 0.3) is 0 Å². The van der Waals surface area contributed by atoms with E-state index >= 15 is 0 Å². The van der Waals surface area contributed by atoms with Crippen molar-refractivity contribution in [3.05, 3.63) is 0 Å². The van der Waals surface area contributed by atoms with E-state index in [1.54, 1.807) is 0 Å². The van der Waals surface area contributed by atoms with Crippen LogP contribution >= 0.6 is 0 Å². The lowest BCUT2D eigenvalue weighted by atomic mass is 10.8. The summed E-state index contributed by atoms with van der Waals surface area (Å²) in [6.45, 7) is -0.741. The van der Waals surface area contributed by atoms with Gasteiger partial charge in [-0.1, -0.05) is 0 Å². The molecule has 0 saturated heterocycles. The molecule has 1 radical (unpaired) electrons. The third-order valence-corrected chi connectivity index (χ3v) is 0.185. The van der Waals surface area contributed by atoms with Gasteiger partial charge in [-0.2, -0.15) is 0 Å². The minimum absolute atomic E-state index is 0.240. The van der Waals surface area contributed by atoms with E-state index < -0.39 is 13.6 Å². The average Bonchev–Trinajstić information content (AvgIpc) is 1.59.